The number of piperidine rings is 1. The number of carbonyl (C=O) groups is 1. The summed E-state index contributed by atoms with van der Waals surface area (Å²) >= 11 is 0. The second-order valence-electron chi connectivity index (χ2n) is 4.69. The van der Waals surface area contributed by atoms with Gasteiger partial charge in [0, 0.05) is 0 Å². The van der Waals surface area contributed by atoms with Crippen LogP contribution in [-0.2, 0) is 4.79 Å². The van der Waals surface area contributed by atoms with Gasteiger partial charge in [0.15, 0.2) is 0 Å². The van der Waals surface area contributed by atoms with Crippen LogP contribution in [-0.4, -0.2) is 72.7 Å². The Balaban J connectivity index is 2.66. The fourth-order valence-electron chi connectivity index (χ4n) is 2.29. The van der Waals surface area contributed by atoms with Gasteiger partial charge in [-0.15, -0.1) is 0 Å². The maximum Gasteiger partial charge on any atom is 0.349 e. The summed E-state index contributed by atoms with van der Waals surface area (Å²) in [6.07, 6.45) is 1.47. The smallest absolute Gasteiger partial charge is 0.349 e. The molecule has 0 unspecified atom stereocenters. The molecule has 5 heteroatoms. The van der Waals surface area contributed by atoms with E-state index in [1.54, 1.807) is 0 Å². The molecule has 0 aromatic heterocycles. The van der Waals surface area contributed by atoms with Crippen molar-refractivity contribution in [2.24, 2.45) is 5.92 Å². The minimum absolute atomic E-state index is 0.165. The molecule has 1 aliphatic heterocycles. The molecule has 1 N–H and O–H groups in total. The molecular weight excluding hydrogens is 206 g/mol. The number of hydrogen-bond acceptors (Lipinski definition) is 1. The number of likely N-dealkylation sites (tertiary alicyclic amines) is 1. The average molecular weight is 228 g/mol. The van der Waals surface area contributed by atoms with Gasteiger partial charge in [0.2, 0.25) is 0 Å². The Morgan fingerprint density at radius 1 is 1.31 bits per heavy atom. The van der Waals surface area contributed by atoms with Crippen molar-refractivity contribution in [2.45, 2.75) is 12.8 Å². The third-order valence-electron chi connectivity index (χ3n) is 2.93. The lowest BCUT2D eigenvalue weighted by atomic mass is 9.97. The number of nitrogens with zero attached hydrogens (tertiary/aromatic N) is 3. The van der Waals surface area contributed by atoms with E-state index in [0.717, 1.165) is 31.9 Å². The van der Waals surface area contributed by atoms with Gasteiger partial charge in [0.1, 0.15) is 0 Å². The van der Waals surface area contributed by atoms with Gasteiger partial charge in [-0.25, -0.2) is 0 Å². The fourth-order valence-corrected chi connectivity index (χ4v) is 2.29. The van der Waals surface area contributed by atoms with Crippen LogP contribution >= 0.6 is 0 Å². The van der Waals surface area contributed by atoms with Crippen molar-refractivity contribution in [3.05, 3.63) is 0 Å². The van der Waals surface area contributed by atoms with Crippen LogP contribution in [0.1, 0.15) is 12.8 Å². The summed E-state index contributed by atoms with van der Waals surface area (Å²) in [6.45, 7) is 1.64. The summed E-state index contributed by atoms with van der Waals surface area (Å²) < 4.78 is 2.07. The minimum atomic E-state index is -0.657. The first kappa shape index (κ1) is 12.8. The van der Waals surface area contributed by atoms with E-state index < -0.39 is 5.97 Å². The molecule has 0 atom stereocenters. The molecule has 0 aromatic carbocycles. The summed E-state index contributed by atoms with van der Waals surface area (Å²) in [5.74, 6) is 0.321. The number of carboxylic acids is 1. The molecule has 0 radical (unpaired) electrons. The lowest BCUT2D eigenvalue weighted by Crippen LogP contribution is -2.49. The quantitative estimate of drug-likeness (QED) is 0.389. The molecule has 0 bridgehead atoms. The van der Waals surface area contributed by atoms with Crippen molar-refractivity contribution in [1.29, 1.82) is 0 Å². The molecule has 1 fully saturated rings. The molecule has 16 heavy (non-hydrogen) atoms. The SMILES string of the molecule is CN(C)C(N1CCC(C(=O)O)CC1)=[N+](C)C. The maximum absolute atomic E-state index is 10.9. The zero-order chi connectivity index (χ0) is 12.3. The molecule has 1 rings (SSSR count). The van der Waals surface area contributed by atoms with Crippen LogP contribution in [0, 0.1) is 5.92 Å². The average Bonchev–Trinajstić information content (AvgIpc) is 2.17. The molecule has 5 nitrogen and oxygen atoms in total. The van der Waals surface area contributed by atoms with Gasteiger partial charge in [-0.1, -0.05) is 0 Å². The Bertz CT molecular complexity index is 288. The zero-order valence-corrected chi connectivity index (χ0v) is 10.6. The van der Waals surface area contributed by atoms with Crippen molar-refractivity contribution < 1.29 is 14.5 Å². The Hall–Kier alpha value is -1.26. The normalized spacial score (nSPS) is 17.1. The van der Waals surface area contributed by atoms with E-state index in [0.29, 0.717) is 0 Å². The van der Waals surface area contributed by atoms with Crippen molar-refractivity contribution in [2.75, 3.05) is 41.3 Å². The highest BCUT2D eigenvalue weighted by Gasteiger charge is 2.31. The number of rotatable bonds is 1. The molecule has 92 valence electrons. The van der Waals surface area contributed by atoms with Gasteiger partial charge in [-0.3, -0.25) is 19.2 Å². The highest BCUT2D eigenvalue weighted by atomic mass is 16.4. The van der Waals surface area contributed by atoms with Crippen LogP contribution in [0.4, 0.5) is 0 Å². The molecule has 1 saturated heterocycles. The van der Waals surface area contributed by atoms with Gasteiger partial charge in [0.25, 0.3) is 0 Å². The first-order chi connectivity index (χ1) is 7.43. The third-order valence-corrected chi connectivity index (χ3v) is 2.93. The van der Waals surface area contributed by atoms with E-state index in [1.807, 2.05) is 28.2 Å². The predicted molar refractivity (Wildman–Crippen MR) is 62.7 cm³/mol. The first-order valence-corrected chi connectivity index (χ1v) is 5.63. The Labute approximate surface area is 97.0 Å². The summed E-state index contributed by atoms with van der Waals surface area (Å²) in [5, 5.41) is 8.94. The summed E-state index contributed by atoms with van der Waals surface area (Å²) in [5.41, 5.74) is 0. The number of aliphatic carboxylic acids is 1. The summed E-state index contributed by atoms with van der Waals surface area (Å²) in [4.78, 5) is 15.2. The largest absolute Gasteiger partial charge is 0.481 e. The fraction of sp³-hybridized carbons (Fsp3) is 0.818. The van der Waals surface area contributed by atoms with E-state index >= 15 is 0 Å². The Morgan fingerprint density at radius 3 is 2.12 bits per heavy atom. The standard InChI is InChI=1S/C11H21N3O2/c1-12(2)11(13(3)4)14-7-5-9(6-8-14)10(15)16/h9H,5-8H2,1-4H3/p+1. The number of hydrogen-bond donors (Lipinski definition) is 1. The van der Waals surface area contributed by atoms with Crippen LogP contribution in [0.25, 0.3) is 0 Å². The minimum Gasteiger partial charge on any atom is -0.481 e. The number of carboxylic acid groups (broad SMARTS) is 1. The lowest BCUT2D eigenvalue weighted by Gasteiger charge is -2.30. The van der Waals surface area contributed by atoms with Gasteiger partial charge in [-0.2, -0.15) is 0 Å². The molecule has 1 aliphatic rings. The predicted octanol–water partition coefficient (Wildman–Crippen LogP) is -0.0273. The summed E-state index contributed by atoms with van der Waals surface area (Å²) in [6, 6.07) is 0. The van der Waals surface area contributed by atoms with Crippen LogP contribution in [0.3, 0.4) is 0 Å². The maximum atomic E-state index is 10.9. The van der Waals surface area contributed by atoms with E-state index in [4.69, 9.17) is 5.11 Å². The number of guanidine groups is 1. The van der Waals surface area contributed by atoms with Gasteiger partial charge in [0.05, 0.1) is 47.2 Å². The highest BCUT2D eigenvalue weighted by molar-refractivity contribution is 5.75. The third kappa shape index (κ3) is 2.87. The highest BCUT2D eigenvalue weighted by Crippen LogP contribution is 2.17. The van der Waals surface area contributed by atoms with Crippen molar-refractivity contribution in [3.8, 4) is 0 Å². The van der Waals surface area contributed by atoms with Crippen LogP contribution in [0.15, 0.2) is 0 Å². The molecule has 0 spiro atoms. The van der Waals surface area contributed by atoms with E-state index in [9.17, 15) is 4.79 Å². The van der Waals surface area contributed by atoms with Crippen LogP contribution in [0.2, 0.25) is 0 Å². The molecule has 0 aliphatic carbocycles. The topological polar surface area (TPSA) is 46.8 Å². The van der Waals surface area contributed by atoms with E-state index in [-0.39, 0.29) is 5.92 Å². The first-order valence-electron chi connectivity index (χ1n) is 5.63. The second kappa shape index (κ2) is 5.18. The van der Waals surface area contributed by atoms with E-state index in [1.165, 1.54) is 0 Å². The zero-order valence-electron chi connectivity index (χ0n) is 10.6. The molecule has 0 amide bonds. The second-order valence-corrected chi connectivity index (χ2v) is 4.69. The molecule has 0 aromatic rings. The van der Waals surface area contributed by atoms with Crippen molar-refractivity contribution in [1.82, 2.24) is 9.80 Å². The lowest BCUT2D eigenvalue weighted by molar-refractivity contribution is -0.476. The van der Waals surface area contributed by atoms with Crippen molar-refractivity contribution >= 4 is 11.9 Å². The summed E-state index contributed by atoms with van der Waals surface area (Å²) in [7, 11) is 8.05. The van der Waals surface area contributed by atoms with Crippen LogP contribution < -0.4 is 0 Å². The van der Waals surface area contributed by atoms with Crippen LogP contribution in [0.5, 0.6) is 0 Å². The van der Waals surface area contributed by atoms with Gasteiger partial charge < -0.3 is 5.11 Å². The Kier molecular flexibility index (Phi) is 4.15. The Morgan fingerprint density at radius 2 is 1.81 bits per heavy atom. The van der Waals surface area contributed by atoms with Crippen molar-refractivity contribution in [3.63, 3.8) is 0 Å². The molecule has 0 saturated carbocycles. The van der Waals surface area contributed by atoms with E-state index in [2.05, 4.69) is 14.4 Å². The monoisotopic (exact) mass is 228 g/mol. The van der Waals surface area contributed by atoms with Gasteiger partial charge >= 0.3 is 11.9 Å². The van der Waals surface area contributed by atoms with Gasteiger partial charge in [-0.05, 0) is 12.8 Å². The molecule has 1 heterocycles. The molecular formula is C11H22N3O2+.